The fraction of sp³-hybridized carbons (Fsp3) is 0.278. The highest BCUT2D eigenvalue weighted by Gasteiger charge is 2.25. The Kier molecular flexibility index (Phi) is 5.00. The van der Waals surface area contributed by atoms with Gasteiger partial charge in [-0.1, -0.05) is 6.07 Å². The van der Waals surface area contributed by atoms with E-state index >= 15 is 0 Å². The molecule has 0 bridgehead atoms. The van der Waals surface area contributed by atoms with Crippen molar-refractivity contribution in [2.75, 3.05) is 19.0 Å². The van der Waals surface area contributed by atoms with Crippen molar-refractivity contribution in [1.29, 1.82) is 5.26 Å². The maximum atomic E-state index is 12.2. The van der Waals surface area contributed by atoms with Gasteiger partial charge in [-0.25, -0.2) is 4.98 Å². The van der Waals surface area contributed by atoms with Gasteiger partial charge >= 0.3 is 0 Å². The van der Waals surface area contributed by atoms with Gasteiger partial charge in [0.05, 0.1) is 25.3 Å². The van der Waals surface area contributed by atoms with Crippen molar-refractivity contribution in [3.8, 4) is 17.6 Å². The van der Waals surface area contributed by atoms with Gasteiger partial charge in [0.25, 0.3) is 5.91 Å². The van der Waals surface area contributed by atoms with Crippen molar-refractivity contribution in [3.05, 3.63) is 47.7 Å². The third-order valence-corrected chi connectivity index (χ3v) is 3.82. The van der Waals surface area contributed by atoms with Gasteiger partial charge in [0.2, 0.25) is 0 Å². The number of pyridine rings is 1. The Balaban J connectivity index is 1.81. The minimum Gasteiger partial charge on any atom is -0.493 e. The van der Waals surface area contributed by atoms with E-state index in [0.717, 1.165) is 5.56 Å². The van der Waals surface area contributed by atoms with Gasteiger partial charge in [-0.05, 0) is 36.2 Å². The lowest BCUT2D eigenvalue weighted by Crippen LogP contribution is -2.38. The molecule has 1 atom stereocenters. The van der Waals surface area contributed by atoms with Crippen LogP contribution in [0.5, 0.6) is 11.5 Å². The van der Waals surface area contributed by atoms with Crippen molar-refractivity contribution in [1.82, 2.24) is 10.3 Å². The fourth-order valence-electron chi connectivity index (χ4n) is 2.57. The summed E-state index contributed by atoms with van der Waals surface area (Å²) in [5.41, 5.74) is 1.33. The Morgan fingerprint density at radius 3 is 2.96 bits per heavy atom. The summed E-state index contributed by atoms with van der Waals surface area (Å²) in [7, 11) is 1.57. The summed E-state index contributed by atoms with van der Waals surface area (Å²) in [4.78, 5) is 16.5. The molecule has 0 aliphatic carbocycles. The molecule has 0 unspecified atom stereocenters. The molecule has 1 amide bonds. The van der Waals surface area contributed by atoms with E-state index in [9.17, 15) is 4.79 Å². The molecule has 0 saturated heterocycles. The first-order chi connectivity index (χ1) is 12.2. The van der Waals surface area contributed by atoms with E-state index in [1.165, 1.54) is 0 Å². The van der Waals surface area contributed by atoms with E-state index in [1.54, 1.807) is 31.5 Å². The number of benzene rings is 1. The van der Waals surface area contributed by atoms with E-state index in [1.807, 2.05) is 12.1 Å². The number of hydrogen-bond acceptors (Lipinski definition) is 6. The predicted molar refractivity (Wildman–Crippen MR) is 91.4 cm³/mol. The van der Waals surface area contributed by atoms with Gasteiger partial charge in [0.1, 0.15) is 12.0 Å². The van der Waals surface area contributed by atoms with Crippen LogP contribution in [-0.4, -0.2) is 24.6 Å². The van der Waals surface area contributed by atoms with Crippen LogP contribution in [0.4, 0.5) is 5.82 Å². The smallest absolute Gasteiger partial charge is 0.256 e. The molecule has 0 spiro atoms. The molecule has 1 aromatic heterocycles. The lowest BCUT2D eigenvalue weighted by Gasteiger charge is -2.27. The van der Waals surface area contributed by atoms with Gasteiger partial charge < -0.3 is 20.1 Å². The van der Waals surface area contributed by atoms with Crippen LogP contribution in [0.2, 0.25) is 0 Å². The molecule has 7 heteroatoms. The largest absolute Gasteiger partial charge is 0.493 e. The number of fused-ring (bicyclic) bond motifs is 1. The Morgan fingerprint density at radius 1 is 1.28 bits per heavy atom. The third-order valence-electron chi connectivity index (χ3n) is 3.82. The number of rotatable bonds is 6. The summed E-state index contributed by atoms with van der Waals surface area (Å²) < 4.78 is 11.0. The second kappa shape index (κ2) is 7.53. The first-order valence-electron chi connectivity index (χ1n) is 7.93. The molecule has 0 fully saturated rings. The van der Waals surface area contributed by atoms with Crippen LogP contribution in [0.25, 0.3) is 0 Å². The van der Waals surface area contributed by atoms with E-state index < -0.39 is 6.17 Å². The predicted octanol–water partition coefficient (Wildman–Crippen LogP) is 2.63. The van der Waals surface area contributed by atoms with Crippen LogP contribution in [0.15, 0.2) is 36.5 Å². The molecule has 3 rings (SSSR count). The number of aromatic nitrogens is 1. The number of hydrogen-bond donors (Lipinski definition) is 2. The minimum atomic E-state index is -0.415. The second-order valence-corrected chi connectivity index (χ2v) is 5.47. The van der Waals surface area contributed by atoms with Gasteiger partial charge in [-0.15, -0.1) is 0 Å². The van der Waals surface area contributed by atoms with Crippen LogP contribution >= 0.6 is 0 Å². The van der Waals surface area contributed by atoms with Gasteiger partial charge in [0, 0.05) is 12.6 Å². The first kappa shape index (κ1) is 16.6. The fourth-order valence-corrected chi connectivity index (χ4v) is 2.57. The Bertz CT molecular complexity index is 816. The number of methoxy groups -OCH3 is 1. The number of unbranched alkanes of at least 4 members (excludes halogenated alkanes) is 1. The Labute approximate surface area is 145 Å². The summed E-state index contributed by atoms with van der Waals surface area (Å²) >= 11 is 0. The average molecular weight is 338 g/mol. The molecule has 2 aromatic rings. The zero-order valence-electron chi connectivity index (χ0n) is 13.8. The normalized spacial score (nSPS) is 15.4. The minimum absolute atomic E-state index is 0.181. The summed E-state index contributed by atoms with van der Waals surface area (Å²) in [6, 6.07) is 11.0. The molecule has 2 heterocycles. The number of carbonyl (C=O) groups is 1. The summed E-state index contributed by atoms with van der Waals surface area (Å²) in [6.45, 7) is 0.419. The molecule has 0 radical (unpaired) electrons. The molecule has 25 heavy (non-hydrogen) atoms. The van der Waals surface area contributed by atoms with Crippen LogP contribution in [0.3, 0.4) is 0 Å². The van der Waals surface area contributed by atoms with E-state index in [-0.39, 0.29) is 5.91 Å². The maximum absolute atomic E-state index is 12.2. The monoisotopic (exact) mass is 338 g/mol. The number of nitrogens with zero attached hydrogens (tertiary/aromatic N) is 2. The van der Waals surface area contributed by atoms with Gasteiger partial charge in [-0.3, -0.25) is 4.79 Å². The number of anilines is 1. The molecule has 0 saturated carbocycles. The third kappa shape index (κ3) is 3.63. The van der Waals surface area contributed by atoms with E-state index in [2.05, 4.69) is 21.7 Å². The van der Waals surface area contributed by atoms with Crippen molar-refractivity contribution in [2.24, 2.45) is 0 Å². The number of ether oxygens (including phenoxy) is 2. The molecule has 1 aromatic carbocycles. The molecule has 2 N–H and O–H groups in total. The van der Waals surface area contributed by atoms with Crippen LogP contribution < -0.4 is 20.1 Å². The first-order valence-corrected chi connectivity index (χ1v) is 7.93. The quantitative estimate of drug-likeness (QED) is 0.786. The highest BCUT2D eigenvalue weighted by Crippen LogP contribution is 2.32. The van der Waals surface area contributed by atoms with Crippen molar-refractivity contribution < 1.29 is 14.3 Å². The molecular formula is C18H18N4O3. The number of nitriles is 1. The van der Waals surface area contributed by atoms with Gasteiger partial charge in [0.15, 0.2) is 11.5 Å². The van der Waals surface area contributed by atoms with E-state index in [0.29, 0.717) is 42.3 Å². The van der Waals surface area contributed by atoms with E-state index in [4.69, 9.17) is 14.7 Å². The zero-order valence-corrected chi connectivity index (χ0v) is 13.8. The average Bonchev–Trinajstić information content (AvgIpc) is 2.65. The number of carbonyl (C=O) groups excluding carboxylic acids is 1. The summed E-state index contributed by atoms with van der Waals surface area (Å²) in [5.74, 6) is 1.53. The van der Waals surface area contributed by atoms with Crippen LogP contribution in [-0.2, 0) is 0 Å². The molecule has 1 aliphatic heterocycles. The van der Waals surface area contributed by atoms with Crippen molar-refractivity contribution >= 4 is 11.7 Å². The number of nitrogens with one attached hydrogen (secondary N) is 2. The van der Waals surface area contributed by atoms with Crippen molar-refractivity contribution in [2.45, 2.75) is 19.0 Å². The topological polar surface area (TPSA) is 96.3 Å². The highest BCUT2D eigenvalue weighted by molar-refractivity contribution is 6.00. The van der Waals surface area contributed by atoms with Gasteiger partial charge in [-0.2, -0.15) is 5.26 Å². The lowest BCUT2D eigenvalue weighted by molar-refractivity contribution is 0.0935. The maximum Gasteiger partial charge on any atom is 0.256 e. The molecule has 7 nitrogen and oxygen atoms in total. The van der Waals surface area contributed by atoms with Crippen LogP contribution in [0.1, 0.15) is 34.9 Å². The zero-order chi connectivity index (χ0) is 17.6. The number of amides is 1. The lowest BCUT2D eigenvalue weighted by atomic mass is 10.1. The molecular weight excluding hydrogens is 320 g/mol. The Morgan fingerprint density at radius 2 is 2.16 bits per heavy atom. The molecule has 128 valence electrons. The highest BCUT2D eigenvalue weighted by atomic mass is 16.5. The Hall–Kier alpha value is -3.27. The summed E-state index contributed by atoms with van der Waals surface area (Å²) in [6.07, 6.45) is 2.30. The standard InChI is InChI=1S/C18H18N4O3/c1-24-14-7-6-12(11-15(14)25-10-3-2-8-19)16-21-17-13(18(23)22-16)5-4-9-20-17/h4-7,9,11,16H,2-3,10H2,1H3,(H,20,21)(H,22,23)/t16-/m1/s1. The summed E-state index contributed by atoms with van der Waals surface area (Å²) in [5, 5.41) is 14.7. The van der Waals surface area contributed by atoms with Crippen LogP contribution in [0, 0.1) is 11.3 Å². The SMILES string of the molecule is COc1ccc([C@H]2NC(=O)c3cccnc3N2)cc1OCCCC#N. The van der Waals surface area contributed by atoms with Crippen molar-refractivity contribution in [3.63, 3.8) is 0 Å². The molecule has 1 aliphatic rings. The second-order valence-electron chi connectivity index (χ2n) is 5.47.